The highest BCUT2D eigenvalue weighted by Gasteiger charge is 2.35. The first-order valence-corrected chi connectivity index (χ1v) is 11.0. The average Bonchev–Trinajstić information content (AvgIpc) is 2.97. The van der Waals surface area contributed by atoms with E-state index in [0.717, 1.165) is 19.2 Å². The minimum Gasteiger partial charge on any atom is -0.462 e. The third-order valence-electron chi connectivity index (χ3n) is 4.39. The maximum absolute atomic E-state index is 13.1. The van der Waals surface area contributed by atoms with Crippen LogP contribution in [0.1, 0.15) is 34.2 Å². The fraction of sp³-hybridized carbons (Fsp3) is 0.368. The third-order valence-corrected chi connectivity index (χ3v) is 6.69. The molecule has 0 saturated carbocycles. The second kappa shape index (κ2) is 9.51. The normalized spacial score (nSPS) is 12.2. The molecule has 176 valence electrons. The lowest BCUT2D eigenvalue weighted by molar-refractivity contribution is -0.137. The van der Waals surface area contributed by atoms with Crippen molar-refractivity contribution >= 4 is 39.2 Å². The van der Waals surface area contributed by atoms with Crippen molar-refractivity contribution in [3.8, 4) is 0 Å². The van der Waals surface area contributed by atoms with Gasteiger partial charge in [0.25, 0.3) is 0 Å². The van der Waals surface area contributed by atoms with Crippen LogP contribution in [-0.2, 0) is 25.7 Å². The topological polar surface area (TPSA) is 109 Å². The number of esters is 1. The molecule has 0 spiro atoms. The van der Waals surface area contributed by atoms with E-state index >= 15 is 0 Å². The summed E-state index contributed by atoms with van der Waals surface area (Å²) in [6.45, 7) is 3.82. The third kappa shape index (κ3) is 5.43. The quantitative estimate of drug-likeness (QED) is 0.569. The van der Waals surface area contributed by atoms with Crippen molar-refractivity contribution in [1.82, 2.24) is 9.29 Å². The van der Waals surface area contributed by atoms with E-state index in [1.54, 1.807) is 6.92 Å². The summed E-state index contributed by atoms with van der Waals surface area (Å²) in [4.78, 5) is 27.0. The van der Waals surface area contributed by atoms with Gasteiger partial charge in [0.2, 0.25) is 15.9 Å². The van der Waals surface area contributed by atoms with Crippen LogP contribution in [0.15, 0.2) is 23.1 Å². The van der Waals surface area contributed by atoms with Crippen LogP contribution in [0.5, 0.6) is 0 Å². The van der Waals surface area contributed by atoms with Crippen LogP contribution in [0.3, 0.4) is 0 Å². The zero-order valence-electron chi connectivity index (χ0n) is 17.6. The first-order valence-electron chi connectivity index (χ1n) is 9.19. The summed E-state index contributed by atoms with van der Waals surface area (Å²) in [6.07, 6.45) is -4.73. The van der Waals surface area contributed by atoms with Gasteiger partial charge >= 0.3 is 12.1 Å². The second-order valence-electron chi connectivity index (χ2n) is 6.80. The summed E-state index contributed by atoms with van der Waals surface area (Å²) < 4.78 is 70.7. The number of anilines is 1. The summed E-state index contributed by atoms with van der Waals surface area (Å²) >= 11 is 5.55. The standard InChI is InChI=1S/C19H21ClF3N3O5S/c1-5-31-18(28)16-10(2)24-11(3)17(16)32(29,30)26(4)9-15(27)25-12-6-7-14(20)13(8-12)19(21,22)23/h6-8,24H,5,9H2,1-4H3,(H,25,27). The zero-order valence-corrected chi connectivity index (χ0v) is 19.1. The van der Waals surface area contributed by atoms with Crippen LogP contribution in [-0.4, -0.2) is 49.8 Å². The molecule has 0 atom stereocenters. The lowest BCUT2D eigenvalue weighted by atomic mass is 10.2. The molecule has 2 rings (SSSR count). The summed E-state index contributed by atoms with van der Waals surface area (Å²) in [7, 11) is -3.22. The molecule has 2 aromatic rings. The number of aryl methyl sites for hydroxylation is 2. The highest BCUT2D eigenvalue weighted by molar-refractivity contribution is 7.89. The molecule has 1 aromatic carbocycles. The molecule has 1 amide bonds. The van der Waals surface area contributed by atoms with Crippen molar-refractivity contribution in [3.05, 3.63) is 45.7 Å². The Hall–Kier alpha value is -2.57. The molecule has 8 nitrogen and oxygen atoms in total. The number of carbonyl (C=O) groups is 2. The lowest BCUT2D eigenvalue weighted by Gasteiger charge is -2.18. The van der Waals surface area contributed by atoms with Gasteiger partial charge in [0.05, 0.1) is 23.7 Å². The highest BCUT2D eigenvalue weighted by atomic mass is 35.5. The van der Waals surface area contributed by atoms with Crippen LogP contribution in [0.2, 0.25) is 5.02 Å². The number of aromatic nitrogens is 1. The van der Waals surface area contributed by atoms with Crippen molar-refractivity contribution in [2.75, 3.05) is 25.5 Å². The molecule has 0 unspecified atom stereocenters. The number of benzene rings is 1. The van der Waals surface area contributed by atoms with E-state index in [-0.39, 0.29) is 34.1 Å². The number of H-pyrrole nitrogens is 1. The smallest absolute Gasteiger partial charge is 0.417 e. The Labute approximate surface area is 187 Å². The van der Waals surface area contributed by atoms with Gasteiger partial charge in [-0.3, -0.25) is 4.79 Å². The Bertz CT molecular complexity index is 1150. The van der Waals surface area contributed by atoms with Gasteiger partial charge in [0.1, 0.15) is 10.5 Å². The van der Waals surface area contributed by atoms with Crippen molar-refractivity contribution in [2.24, 2.45) is 0 Å². The Kier molecular flexibility index (Phi) is 7.63. The predicted octanol–water partition coefficient (Wildman–Crippen LogP) is 3.74. The largest absolute Gasteiger partial charge is 0.462 e. The first kappa shape index (κ1) is 25.7. The predicted molar refractivity (Wildman–Crippen MR) is 111 cm³/mol. The Morgan fingerprint density at radius 3 is 2.41 bits per heavy atom. The number of likely N-dealkylation sites (N-methyl/N-ethyl adjacent to an activating group) is 1. The first-order chi connectivity index (χ1) is 14.7. The summed E-state index contributed by atoms with van der Waals surface area (Å²) in [5.74, 6) is -1.74. The van der Waals surface area contributed by atoms with Gasteiger partial charge in [0, 0.05) is 24.1 Å². The van der Waals surface area contributed by atoms with Crippen LogP contribution >= 0.6 is 11.6 Å². The number of carbonyl (C=O) groups excluding carboxylic acids is 2. The molecule has 0 bridgehead atoms. The molecule has 0 fully saturated rings. The number of hydrogen-bond acceptors (Lipinski definition) is 5. The van der Waals surface area contributed by atoms with Gasteiger partial charge in [-0.05, 0) is 39.0 Å². The second-order valence-corrected chi connectivity index (χ2v) is 9.19. The van der Waals surface area contributed by atoms with E-state index in [9.17, 15) is 31.2 Å². The van der Waals surface area contributed by atoms with E-state index in [4.69, 9.17) is 16.3 Å². The lowest BCUT2D eigenvalue weighted by Crippen LogP contribution is -2.35. The minimum atomic E-state index is -4.73. The maximum atomic E-state index is 13.1. The minimum absolute atomic E-state index is 0.0290. The number of hydrogen-bond donors (Lipinski definition) is 2. The molecular formula is C19H21ClF3N3O5S. The number of sulfonamides is 1. The summed E-state index contributed by atoms with van der Waals surface area (Å²) in [6, 6.07) is 2.77. The summed E-state index contributed by atoms with van der Waals surface area (Å²) in [5.41, 5.74) is -1.08. The number of ether oxygens (including phenoxy) is 1. The Balaban J connectivity index is 2.27. The molecule has 32 heavy (non-hydrogen) atoms. The SMILES string of the molecule is CCOC(=O)c1c(C)[nH]c(C)c1S(=O)(=O)N(C)CC(=O)Nc1ccc(Cl)c(C(F)(F)F)c1. The molecule has 0 saturated heterocycles. The van der Waals surface area contributed by atoms with Gasteiger partial charge in [0.15, 0.2) is 0 Å². The van der Waals surface area contributed by atoms with Crippen LogP contribution in [0.4, 0.5) is 18.9 Å². The van der Waals surface area contributed by atoms with Gasteiger partial charge in [-0.25, -0.2) is 13.2 Å². The van der Waals surface area contributed by atoms with E-state index < -0.39 is 45.2 Å². The number of alkyl halides is 3. The molecule has 1 aromatic heterocycles. The molecule has 0 aliphatic rings. The number of nitrogens with zero attached hydrogens (tertiary/aromatic N) is 1. The van der Waals surface area contributed by atoms with Gasteiger partial charge in [-0.2, -0.15) is 17.5 Å². The number of amides is 1. The van der Waals surface area contributed by atoms with Crippen LogP contribution < -0.4 is 5.32 Å². The van der Waals surface area contributed by atoms with Crippen molar-refractivity contribution in [3.63, 3.8) is 0 Å². The maximum Gasteiger partial charge on any atom is 0.417 e. The van der Waals surface area contributed by atoms with Crippen molar-refractivity contribution in [1.29, 1.82) is 0 Å². The van der Waals surface area contributed by atoms with E-state index in [1.807, 2.05) is 0 Å². The van der Waals surface area contributed by atoms with Crippen molar-refractivity contribution < 1.29 is 35.9 Å². The molecule has 0 aliphatic heterocycles. The monoisotopic (exact) mass is 495 g/mol. The van der Waals surface area contributed by atoms with E-state index in [2.05, 4.69) is 10.3 Å². The molecule has 0 aliphatic carbocycles. The molecule has 0 radical (unpaired) electrons. The summed E-state index contributed by atoms with van der Waals surface area (Å²) in [5, 5.41) is 1.67. The molecular weight excluding hydrogens is 475 g/mol. The van der Waals surface area contributed by atoms with Gasteiger partial charge in [-0.1, -0.05) is 11.6 Å². The van der Waals surface area contributed by atoms with Crippen LogP contribution in [0, 0.1) is 13.8 Å². The zero-order chi connectivity index (χ0) is 24.4. The van der Waals surface area contributed by atoms with E-state index in [1.165, 1.54) is 13.8 Å². The fourth-order valence-corrected chi connectivity index (χ4v) is 4.75. The molecule has 13 heteroatoms. The van der Waals surface area contributed by atoms with Crippen LogP contribution in [0.25, 0.3) is 0 Å². The molecule has 2 N–H and O–H groups in total. The number of nitrogens with one attached hydrogen (secondary N) is 2. The van der Waals surface area contributed by atoms with E-state index in [0.29, 0.717) is 10.4 Å². The van der Waals surface area contributed by atoms with Crippen molar-refractivity contribution in [2.45, 2.75) is 31.8 Å². The average molecular weight is 496 g/mol. The van der Waals surface area contributed by atoms with Gasteiger partial charge < -0.3 is 15.0 Å². The number of aromatic amines is 1. The Morgan fingerprint density at radius 1 is 1.22 bits per heavy atom. The molecule has 1 heterocycles. The fourth-order valence-electron chi connectivity index (χ4n) is 2.99. The Morgan fingerprint density at radius 2 is 1.84 bits per heavy atom. The number of rotatable bonds is 7. The highest BCUT2D eigenvalue weighted by Crippen LogP contribution is 2.36. The number of halogens is 4. The van der Waals surface area contributed by atoms with Gasteiger partial charge in [-0.15, -0.1) is 0 Å².